The average Bonchev–Trinajstić information content (AvgIpc) is 2.87. The van der Waals surface area contributed by atoms with Crippen molar-refractivity contribution < 1.29 is 14.3 Å². The number of nitrogens with zero attached hydrogens (tertiary/aromatic N) is 2. The van der Waals surface area contributed by atoms with E-state index in [1.807, 2.05) is 13.8 Å². The van der Waals surface area contributed by atoms with Crippen LogP contribution in [0.2, 0.25) is 0 Å². The van der Waals surface area contributed by atoms with Crippen LogP contribution in [0, 0.1) is 0 Å². The number of esters is 1. The van der Waals surface area contributed by atoms with E-state index in [1.165, 1.54) is 18.3 Å². The van der Waals surface area contributed by atoms with E-state index in [1.54, 1.807) is 24.3 Å². The maximum absolute atomic E-state index is 12.2. The Hall–Kier alpha value is -2.28. The molecule has 7 heteroatoms. The predicted octanol–water partition coefficient (Wildman–Crippen LogP) is 2.84. The lowest BCUT2D eigenvalue weighted by molar-refractivity contribution is -0.131. The molecule has 0 bridgehead atoms. The minimum Gasteiger partial charge on any atom is -0.426 e. The van der Waals surface area contributed by atoms with Gasteiger partial charge in [0, 0.05) is 12.8 Å². The molecule has 1 aromatic carbocycles. The summed E-state index contributed by atoms with van der Waals surface area (Å²) in [5.74, 6) is -0.399. The summed E-state index contributed by atoms with van der Waals surface area (Å²) < 4.78 is 5.02. The fraction of sp³-hybridized carbons (Fsp3) is 0.286. The van der Waals surface area contributed by atoms with E-state index in [2.05, 4.69) is 15.5 Å². The van der Waals surface area contributed by atoms with E-state index in [0.717, 1.165) is 5.01 Å². The van der Waals surface area contributed by atoms with Crippen molar-refractivity contribution in [1.29, 1.82) is 0 Å². The number of benzene rings is 1. The van der Waals surface area contributed by atoms with Crippen molar-refractivity contribution in [3.05, 3.63) is 34.8 Å². The Morgan fingerprint density at radius 1 is 1.24 bits per heavy atom. The number of anilines is 1. The van der Waals surface area contributed by atoms with Gasteiger partial charge in [-0.05, 0) is 12.1 Å². The van der Waals surface area contributed by atoms with E-state index in [0.29, 0.717) is 5.13 Å². The first-order valence-electron chi connectivity index (χ1n) is 6.39. The van der Waals surface area contributed by atoms with Crippen LogP contribution in [0.15, 0.2) is 24.3 Å². The molecule has 1 aromatic heterocycles. The maximum atomic E-state index is 12.2. The molecule has 0 unspecified atom stereocenters. The minimum atomic E-state index is -0.478. The summed E-state index contributed by atoms with van der Waals surface area (Å²) in [6.07, 6.45) is 0. The summed E-state index contributed by atoms with van der Waals surface area (Å²) in [5.41, 5.74) is 0.272. The van der Waals surface area contributed by atoms with Gasteiger partial charge < -0.3 is 4.74 Å². The van der Waals surface area contributed by atoms with Crippen LogP contribution in [-0.2, 0) is 4.79 Å². The van der Waals surface area contributed by atoms with Crippen molar-refractivity contribution in [3.8, 4) is 5.75 Å². The summed E-state index contributed by atoms with van der Waals surface area (Å²) in [5, 5.41) is 11.8. The first-order chi connectivity index (χ1) is 9.97. The Bertz CT molecular complexity index is 667. The molecule has 0 aliphatic carbocycles. The fourth-order valence-corrected chi connectivity index (χ4v) is 2.32. The summed E-state index contributed by atoms with van der Waals surface area (Å²) in [6, 6.07) is 6.53. The summed E-state index contributed by atoms with van der Waals surface area (Å²) in [4.78, 5) is 23.3. The lowest BCUT2D eigenvalue weighted by Gasteiger charge is -2.07. The molecule has 0 aliphatic heterocycles. The highest BCUT2D eigenvalue weighted by molar-refractivity contribution is 7.15. The molecule has 110 valence electrons. The Morgan fingerprint density at radius 2 is 1.95 bits per heavy atom. The quantitative estimate of drug-likeness (QED) is 0.694. The zero-order valence-corrected chi connectivity index (χ0v) is 12.7. The van der Waals surface area contributed by atoms with E-state index in [-0.39, 0.29) is 17.2 Å². The Balaban J connectivity index is 2.18. The van der Waals surface area contributed by atoms with Crippen molar-refractivity contribution in [2.45, 2.75) is 26.7 Å². The Kier molecular flexibility index (Phi) is 4.64. The van der Waals surface area contributed by atoms with Gasteiger partial charge in [-0.2, -0.15) is 0 Å². The van der Waals surface area contributed by atoms with E-state index in [9.17, 15) is 9.59 Å². The Morgan fingerprint density at radius 3 is 2.57 bits per heavy atom. The van der Waals surface area contributed by atoms with Gasteiger partial charge in [0.1, 0.15) is 10.8 Å². The summed E-state index contributed by atoms with van der Waals surface area (Å²) in [6.45, 7) is 5.29. The molecule has 0 spiro atoms. The van der Waals surface area contributed by atoms with Gasteiger partial charge in [0.05, 0.1) is 5.56 Å². The summed E-state index contributed by atoms with van der Waals surface area (Å²) in [7, 11) is 0. The fourth-order valence-electron chi connectivity index (χ4n) is 1.58. The van der Waals surface area contributed by atoms with Gasteiger partial charge >= 0.3 is 5.97 Å². The maximum Gasteiger partial charge on any atom is 0.308 e. The van der Waals surface area contributed by atoms with Crippen molar-refractivity contribution in [2.75, 3.05) is 5.32 Å². The SMILES string of the molecule is CC(=O)Oc1ccccc1C(=O)Nc1nnc(C(C)C)s1. The highest BCUT2D eigenvalue weighted by Gasteiger charge is 2.16. The first kappa shape index (κ1) is 15.1. The highest BCUT2D eigenvalue weighted by Crippen LogP contribution is 2.24. The van der Waals surface area contributed by atoms with Crippen molar-refractivity contribution in [2.24, 2.45) is 0 Å². The van der Waals surface area contributed by atoms with Crippen LogP contribution in [-0.4, -0.2) is 22.1 Å². The van der Waals surface area contributed by atoms with Gasteiger partial charge in [0.2, 0.25) is 5.13 Å². The molecule has 0 radical (unpaired) electrons. The third kappa shape index (κ3) is 3.85. The molecule has 6 nitrogen and oxygen atoms in total. The van der Waals surface area contributed by atoms with Gasteiger partial charge in [-0.25, -0.2) is 0 Å². The van der Waals surface area contributed by atoms with Crippen molar-refractivity contribution in [3.63, 3.8) is 0 Å². The van der Waals surface area contributed by atoms with E-state index < -0.39 is 11.9 Å². The zero-order chi connectivity index (χ0) is 15.4. The normalized spacial score (nSPS) is 10.5. The number of hydrogen-bond acceptors (Lipinski definition) is 6. The highest BCUT2D eigenvalue weighted by atomic mass is 32.1. The molecule has 0 fully saturated rings. The molecule has 1 heterocycles. The molecule has 0 aliphatic rings. The monoisotopic (exact) mass is 305 g/mol. The van der Waals surface area contributed by atoms with E-state index >= 15 is 0 Å². The number of nitrogens with one attached hydrogen (secondary N) is 1. The third-order valence-corrected chi connectivity index (χ3v) is 3.68. The van der Waals surface area contributed by atoms with Crippen molar-refractivity contribution in [1.82, 2.24) is 10.2 Å². The van der Waals surface area contributed by atoms with Gasteiger partial charge in [-0.3, -0.25) is 14.9 Å². The van der Waals surface area contributed by atoms with Gasteiger partial charge in [0.15, 0.2) is 0 Å². The zero-order valence-electron chi connectivity index (χ0n) is 11.9. The minimum absolute atomic E-state index is 0.219. The van der Waals surface area contributed by atoms with Crippen LogP contribution in [0.25, 0.3) is 0 Å². The van der Waals surface area contributed by atoms with Crippen LogP contribution >= 0.6 is 11.3 Å². The van der Waals surface area contributed by atoms with Crippen LogP contribution in [0.5, 0.6) is 5.75 Å². The molecular weight excluding hydrogens is 290 g/mol. The molecule has 1 N–H and O–H groups in total. The number of ether oxygens (including phenoxy) is 1. The number of rotatable bonds is 4. The number of aromatic nitrogens is 2. The van der Waals surface area contributed by atoms with Gasteiger partial charge in [0.25, 0.3) is 5.91 Å². The number of amides is 1. The van der Waals surface area contributed by atoms with Gasteiger partial charge in [-0.15, -0.1) is 10.2 Å². The third-order valence-electron chi connectivity index (χ3n) is 2.54. The van der Waals surface area contributed by atoms with Crippen LogP contribution in [0.4, 0.5) is 5.13 Å². The molecule has 21 heavy (non-hydrogen) atoms. The van der Waals surface area contributed by atoms with Crippen LogP contribution in [0.3, 0.4) is 0 Å². The molecule has 2 rings (SSSR count). The number of carbonyl (C=O) groups is 2. The molecule has 2 aromatic rings. The molecule has 0 saturated heterocycles. The number of carbonyl (C=O) groups excluding carboxylic acids is 2. The second-order valence-corrected chi connectivity index (χ2v) is 5.65. The second kappa shape index (κ2) is 6.45. The van der Waals surface area contributed by atoms with Crippen LogP contribution in [0.1, 0.15) is 42.1 Å². The predicted molar refractivity (Wildman–Crippen MR) is 79.7 cm³/mol. The first-order valence-corrected chi connectivity index (χ1v) is 7.21. The lowest BCUT2D eigenvalue weighted by Crippen LogP contribution is -2.14. The Labute approximate surface area is 126 Å². The lowest BCUT2D eigenvalue weighted by atomic mass is 10.2. The number of hydrogen-bond donors (Lipinski definition) is 1. The standard InChI is InChI=1S/C14H15N3O3S/c1-8(2)13-16-17-14(21-13)15-12(19)10-6-4-5-7-11(10)20-9(3)18/h4-8H,1-3H3,(H,15,17,19). The second-order valence-electron chi connectivity index (χ2n) is 4.64. The van der Waals surface area contributed by atoms with Gasteiger partial charge in [-0.1, -0.05) is 37.3 Å². The molecule has 0 saturated carbocycles. The van der Waals surface area contributed by atoms with Crippen LogP contribution < -0.4 is 10.1 Å². The average molecular weight is 305 g/mol. The smallest absolute Gasteiger partial charge is 0.308 e. The summed E-state index contributed by atoms with van der Waals surface area (Å²) >= 11 is 1.32. The molecular formula is C14H15N3O3S. The van der Waals surface area contributed by atoms with E-state index in [4.69, 9.17) is 4.74 Å². The van der Waals surface area contributed by atoms with Crippen molar-refractivity contribution >= 4 is 28.3 Å². The molecule has 0 atom stereocenters. The largest absolute Gasteiger partial charge is 0.426 e. The number of para-hydroxylation sites is 1. The molecule has 1 amide bonds. The topological polar surface area (TPSA) is 81.2 Å².